The van der Waals surface area contributed by atoms with E-state index in [0.717, 1.165) is 11.8 Å². The van der Waals surface area contributed by atoms with E-state index in [1.165, 1.54) is 6.07 Å². The average Bonchev–Trinajstić information content (AvgIpc) is 2.55. The van der Waals surface area contributed by atoms with Gasteiger partial charge in [0.1, 0.15) is 15.9 Å². The predicted octanol–water partition coefficient (Wildman–Crippen LogP) is 3.90. The summed E-state index contributed by atoms with van der Waals surface area (Å²) in [4.78, 5) is 10.6. The van der Waals surface area contributed by atoms with E-state index in [1.54, 1.807) is 13.8 Å². The van der Waals surface area contributed by atoms with Crippen LogP contribution in [0, 0.1) is 13.8 Å². The van der Waals surface area contributed by atoms with Crippen LogP contribution < -0.4 is 0 Å². The third-order valence-corrected chi connectivity index (χ3v) is 3.09. The summed E-state index contributed by atoms with van der Waals surface area (Å²) in [6.07, 6.45) is -4.65. The van der Waals surface area contributed by atoms with E-state index in [-0.39, 0.29) is 15.4 Å². The third kappa shape index (κ3) is 3.38. The highest BCUT2D eigenvalue weighted by molar-refractivity contribution is 7.99. The zero-order valence-corrected chi connectivity index (χ0v) is 11.3. The Kier molecular flexibility index (Phi) is 3.73. The van der Waals surface area contributed by atoms with Gasteiger partial charge in [0.05, 0.1) is 5.69 Å². The maximum absolute atomic E-state index is 12.5. The van der Waals surface area contributed by atoms with E-state index in [0.29, 0.717) is 11.5 Å². The maximum atomic E-state index is 12.5. The Labute approximate surface area is 115 Å². The van der Waals surface area contributed by atoms with Crippen LogP contribution in [0.25, 0.3) is 0 Å². The first-order valence-electron chi connectivity index (χ1n) is 4.99. The lowest BCUT2D eigenvalue weighted by atomic mass is 10.4. The van der Waals surface area contributed by atoms with Crippen LogP contribution in [0.3, 0.4) is 0 Å². The van der Waals surface area contributed by atoms with Gasteiger partial charge in [0.15, 0.2) is 0 Å². The molecule has 19 heavy (non-hydrogen) atoms. The molecule has 0 fully saturated rings. The summed E-state index contributed by atoms with van der Waals surface area (Å²) in [6.45, 7) is 3.44. The summed E-state index contributed by atoms with van der Waals surface area (Å²) in [5.74, 6) is -0.693. The highest BCUT2D eigenvalue weighted by Crippen LogP contribution is 2.32. The SMILES string of the molecule is Cc1nc(Sc2cc(Cl)nc(C(F)(F)F)n2)oc1C. The van der Waals surface area contributed by atoms with Crippen molar-refractivity contribution in [1.82, 2.24) is 15.0 Å². The lowest BCUT2D eigenvalue weighted by Gasteiger charge is -2.06. The minimum absolute atomic E-state index is 0.0218. The molecule has 0 N–H and O–H groups in total. The van der Waals surface area contributed by atoms with E-state index in [4.69, 9.17) is 16.0 Å². The Morgan fingerprint density at radius 3 is 2.42 bits per heavy atom. The standard InChI is InChI=1S/C10H7ClF3N3OS/c1-4-5(2)18-9(15-4)19-7-3-6(11)16-8(17-7)10(12,13)14/h3H,1-2H3. The Morgan fingerprint density at radius 2 is 1.89 bits per heavy atom. The molecular formula is C10H7ClF3N3OS. The molecule has 0 aliphatic rings. The minimum Gasteiger partial charge on any atom is -0.436 e. The predicted molar refractivity (Wildman–Crippen MR) is 62.1 cm³/mol. The molecule has 0 amide bonds. The number of nitrogens with zero attached hydrogens (tertiary/aromatic N) is 3. The molecule has 9 heteroatoms. The van der Waals surface area contributed by atoms with Gasteiger partial charge in [0.25, 0.3) is 5.22 Å². The van der Waals surface area contributed by atoms with Crippen molar-refractivity contribution in [2.45, 2.75) is 30.3 Å². The van der Waals surface area contributed by atoms with Crippen molar-refractivity contribution < 1.29 is 17.6 Å². The van der Waals surface area contributed by atoms with E-state index in [2.05, 4.69) is 15.0 Å². The molecule has 0 atom stereocenters. The number of aromatic nitrogens is 3. The summed E-state index contributed by atoms with van der Waals surface area (Å²) >= 11 is 6.40. The van der Waals surface area contributed by atoms with Crippen molar-refractivity contribution in [3.63, 3.8) is 0 Å². The van der Waals surface area contributed by atoms with E-state index < -0.39 is 12.0 Å². The van der Waals surface area contributed by atoms with Crippen LogP contribution in [0.15, 0.2) is 20.7 Å². The molecule has 0 aliphatic carbocycles. The van der Waals surface area contributed by atoms with Gasteiger partial charge < -0.3 is 4.42 Å². The van der Waals surface area contributed by atoms with Crippen molar-refractivity contribution >= 4 is 23.4 Å². The Morgan fingerprint density at radius 1 is 1.21 bits per heavy atom. The van der Waals surface area contributed by atoms with Crippen molar-refractivity contribution in [2.24, 2.45) is 0 Å². The van der Waals surface area contributed by atoms with Gasteiger partial charge in [-0.2, -0.15) is 13.2 Å². The quantitative estimate of drug-likeness (QED) is 0.787. The largest absolute Gasteiger partial charge is 0.451 e. The molecule has 0 unspecified atom stereocenters. The number of alkyl halides is 3. The normalized spacial score (nSPS) is 11.9. The van der Waals surface area contributed by atoms with E-state index >= 15 is 0 Å². The summed E-state index contributed by atoms with van der Waals surface area (Å²) in [6, 6.07) is 1.22. The van der Waals surface area contributed by atoms with Crippen molar-refractivity contribution in [2.75, 3.05) is 0 Å². The molecule has 2 aromatic heterocycles. The topological polar surface area (TPSA) is 51.8 Å². The van der Waals surface area contributed by atoms with Crippen LogP contribution >= 0.6 is 23.4 Å². The molecule has 2 rings (SSSR count). The van der Waals surface area contributed by atoms with Crippen LogP contribution in [-0.4, -0.2) is 15.0 Å². The first-order valence-corrected chi connectivity index (χ1v) is 6.19. The molecule has 0 spiro atoms. The second kappa shape index (κ2) is 5.01. The fourth-order valence-electron chi connectivity index (χ4n) is 1.15. The van der Waals surface area contributed by atoms with Gasteiger partial charge in [0.2, 0.25) is 5.82 Å². The van der Waals surface area contributed by atoms with Crippen LogP contribution in [0.4, 0.5) is 13.2 Å². The second-order valence-corrected chi connectivity index (χ2v) is 4.93. The van der Waals surface area contributed by atoms with Gasteiger partial charge in [-0.15, -0.1) is 0 Å². The highest BCUT2D eigenvalue weighted by atomic mass is 35.5. The number of rotatable bonds is 2. The van der Waals surface area contributed by atoms with E-state index in [9.17, 15) is 13.2 Å². The first kappa shape index (κ1) is 14.1. The summed E-state index contributed by atoms with van der Waals surface area (Å²) in [5, 5.41) is -0.0590. The number of aryl methyl sites for hydroxylation is 2. The number of hydrogen-bond donors (Lipinski definition) is 0. The lowest BCUT2D eigenvalue weighted by Crippen LogP contribution is -2.11. The van der Waals surface area contributed by atoms with Crippen LogP contribution in [0.1, 0.15) is 17.3 Å². The minimum atomic E-state index is -4.65. The molecule has 2 aromatic rings. The van der Waals surface area contributed by atoms with Gasteiger partial charge in [-0.25, -0.2) is 15.0 Å². The van der Waals surface area contributed by atoms with Crippen LogP contribution in [0.5, 0.6) is 0 Å². The average molecular weight is 310 g/mol. The van der Waals surface area contributed by atoms with Crippen LogP contribution in [0.2, 0.25) is 5.15 Å². The summed E-state index contributed by atoms with van der Waals surface area (Å²) < 4.78 is 42.8. The maximum Gasteiger partial charge on any atom is 0.451 e. The molecular weight excluding hydrogens is 303 g/mol. The van der Waals surface area contributed by atoms with E-state index in [1.807, 2.05) is 0 Å². The fourth-order valence-corrected chi connectivity index (χ4v) is 2.23. The van der Waals surface area contributed by atoms with Gasteiger partial charge in [-0.3, -0.25) is 0 Å². The van der Waals surface area contributed by atoms with Gasteiger partial charge in [-0.1, -0.05) is 11.6 Å². The zero-order valence-electron chi connectivity index (χ0n) is 9.75. The second-order valence-electron chi connectivity index (χ2n) is 3.57. The number of oxazole rings is 1. The molecule has 4 nitrogen and oxygen atoms in total. The van der Waals surface area contributed by atoms with Crippen molar-refractivity contribution in [1.29, 1.82) is 0 Å². The molecule has 0 bridgehead atoms. The lowest BCUT2D eigenvalue weighted by molar-refractivity contribution is -0.145. The zero-order chi connectivity index (χ0) is 14.2. The summed E-state index contributed by atoms with van der Waals surface area (Å²) in [5.41, 5.74) is 0.665. The highest BCUT2D eigenvalue weighted by Gasteiger charge is 2.35. The monoisotopic (exact) mass is 309 g/mol. The molecule has 2 heterocycles. The summed E-state index contributed by atoms with van der Waals surface area (Å²) in [7, 11) is 0. The molecule has 0 saturated carbocycles. The van der Waals surface area contributed by atoms with Gasteiger partial charge >= 0.3 is 6.18 Å². The first-order chi connectivity index (χ1) is 8.75. The van der Waals surface area contributed by atoms with Crippen LogP contribution in [-0.2, 0) is 6.18 Å². The van der Waals surface area contributed by atoms with Crippen molar-refractivity contribution in [3.8, 4) is 0 Å². The van der Waals surface area contributed by atoms with Crippen molar-refractivity contribution in [3.05, 3.63) is 28.5 Å². The van der Waals surface area contributed by atoms with Gasteiger partial charge in [-0.05, 0) is 25.6 Å². The van der Waals surface area contributed by atoms with Gasteiger partial charge in [0, 0.05) is 6.07 Å². The molecule has 0 aromatic carbocycles. The third-order valence-electron chi connectivity index (χ3n) is 2.13. The Hall–Kier alpha value is -1.28. The Bertz CT molecular complexity index is 595. The number of halogens is 4. The molecule has 102 valence electrons. The molecule has 0 radical (unpaired) electrons. The Balaban J connectivity index is 2.32. The fraction of sp³-hybridized carbons (Fsp3) is 0.300. The molecule has 0 aliphatic heterocycles. The number of hydrogen-bond acceptors (Lipinski definition) is 5. The molecule has 0 saturated heterocycles. The smallest absolute Gasteiger partial charge is 0.436 e.